The minimum Gasteiger partial charge on any atom is -0.355 e. The molecule has 3 amide bonds. The monoisotopic (exact) mass is 342 g/mol. The molecule has 0 aliphatic carbocycles. The minimum absolute atomic E-state index is 0.0759. The molecule has 1 aromatic carbocycles. The van der Waals surface area contributed by atoms with Crippen LogP contribution in [0.5, 0.6) is 0 Å². The summed E-state index contributed by atoms with van der Waals surface area (Å²) in [4.78, 5) is 26.3. The molecule has 2 aromatic rings. The first-order valence-corrected chi connectivity index (χ1v) is 8.45. The van der Waals surface area contributed by atoms with Crippen LogP contribution in [0.3, 0.4) is 0 Å². The van der Waals surface area contributed by atoms with E-state index in [0.717, 1.165) is 12.0 Å². The summed E-state index contributed by atoms with van der Waals surface area (Å²) in [6.45, 7) is 5.35. The lowest BCUT2D eigenvalue weighted by atomic mass is 10.1. The normalized spacial score (nSPS) is 16.7. The summed E-state index contributed by atoms with van der Waals surface area (Å²) in [7, 11) is 0. The van der Waals surface area contributed by atoms with Crippen LogP contribution in [0.1, 0.15) is 29.4 Å². The molecule has 132 valence electrons. The Balaban J connectivity index is 1.71. The van der Waals surface area contributed by atoms with Gasteiger partial charge >= 0.3 is 6.03 Å². The number of hydrogen-bond donors (Lipinski definition) is 2. The van der Waals surface area contributed by atoms with Crippen LogP contribution >= 0.6 is 0 Å². The molecule has 7 nitrogen and oxygen atoms in total. The first-order valence-electron chi connectivity index (χ1n) is 8.45. The highest BCUT2D eigenvalue weighted by Gasteiger charge is 2.29. The number of urea groups is 1. The molecule has 7 heteroatoms. The molecular formula is C18H22N4O3. The van der Waals surface area contributed by atoms with Crippen LogP contribution in [0.4, 0.5) is 4.79 Å². The summed E-state index contributed by atoms with van der Waals surface area (Å²) in [5, 5.41) is 9.72. The number of amides is 3. The zero-order valence-electron chi connectivity index (χ0n) is 14.4. The molecule has 1 fully saturated rings. The van der Waals surface area contributed by atoms with Gasteiger partial charge in [0, 0.05) is 31.2 Å². The fraction of sp³-hybridized carbons (Fsp3) is 0.389. The molecule has 1 saturated heterocycles. The summed E-state index contributed by atoms with van der Waals surface area (Å²) in [6, 6.07) is 9.26. The first kappa shape index (κ1) is 17.0. The Hall–Kier alpha value is -2.83. The van der Waals surface area contributed by atoms with Crippen molar-refractivity contribution in [2.45, 2.75) is 26.3 Å². The second-order valence-electron chi connectivity index (χ2n) is 6.08. The van der Waals surface area contributed by atoms with Crippen LogP contribution < -0.4 is 10.6 Å². The van der Waals surface area contributed by atoms with Gasteiger partial charge in [0.15, 0.2) is 5.76 Å². The van der Waals surface area contributed by atoms with E-state index in [9.17, 15) is 9.59 Å². The predicted octanol–water partition coefficient (Wildman–Crippen LogP) is 2.18. The van der Waals surface area contributed by atoms with E-state index >= 15 is 0 Å². The van der Waals surface area contributed by atoms with Crippen LogP contribution in [0.15, 0.2) is 34.9 Å². The van der Waals surface area contributed by atoms with Crippen molar-refractivity contribution in [1.82, 2.24) is 20.7 Å². The van der Waals surface area contributed by atoms with Gasteiger partial charge in [0.25, 0.3) is 5.91 Å². The summed E-state index contributed by atoms with van der Waals surface area (Å²) in [6.07, 6.45) is 0.730. The lowest BCUT2D eigenvalue weighted by molar-refractivity contribution is 0.0937. The smallest absolute Gasteiger partial charge is 0.317 e. The first-order chi connectivity index (χ1) is 12.1. The van der Waals surface area contributed by atoms with Crippen LogP contribution in [0.25, 0.3) is 11.3 Å². The molecule has 3 rings (SSSR count). The second kappa shape index (κ2) is 7.38. The quantitative estimate of drug-likeness (QED) is 0.891. The Morgan fingerprint density at radius 1 is 1.32 bits per heavy atom. The van der Waals surface area contributed by atoms with Gasteiger partial charge in [-0.05, 0) is 20.3 Å². The largest absolute Gasteiger partial charge is 0.355 e. The van der Waals surface area contributed by atoms with Crippen LogP contribution in [-0.4, -0.2) is 47.7 Å². The van der Waals surface area contributed by atoms with Gasteiger partial charge in [-0.25, -0.2) is 4.79 Å². The van der Waals surface area contributed by atoms with Gasteiger partial charge in [0.1, 0.15) is 5.56 Å². The number of hydrogen-bond acceptors (Lipinski definition) is 4. The summed E-state index contributed by atoms with van der Waals surface area (Å²) in [5.41, 5.74) is 1.81. The maximum Gasteiger partial charge on any atom is 0.317 e. The molecule has 2 heterocycles. The fourth-order valence-corrected chi connectivity index (χ4v) is 3.01. The van der Waals surface area contributed by atoms with E-state index < -0.39 is 0 Å². The number of rotatable bonds is 4. The van der Waals surface area contributed by atoms with Crippen molar-refractivity contribution >= 4 is 11.9 Å². The van der Waals surface area contributed by atoms with E-state index in [1.807, 2.05) is 37.3 Å². The van der Waals surface area contributed by atoms with Gasteiger partial charge in [-0.15, -0.1) is 0 Å². The molecule has 0 saturated carbocycles. The highest BCUT2D eigenvalue weighted by Crippen LogP contribution is 2.26. The third-order valence-electron chi connectivity index (χ3n) is 4.26. The average Bonchev–Trinajstić information content (AvgIpc) is 3.22. The van der Waals surface area contributed by atoms with Crippen molar-refractivity contribution in [2.24, 2.45) is 0 Å². The molecular weight excluding hydrogens is 320 g/mol. The highest BCUT2D eigenvalue weighted by molar-refractivity contribution is 6.00. The van der Waals surface area contributed by atoms with Crippen LogP contribution in [0, 0.1) is 6.92 Å². The minimum atomic E-state index is -0.222. The molecule has 1 aliphatic rings. The standard InChI is InChI=1S/C18H22N4O3/c1-3-19-18(24)22-10-9-14(11-22)20-17(23)15-12(2)21-25-16(15)13-7-5-4-6-8-13/h4-8,14H,3,9-11H2,1-2H3,(H,19,24)(H,20,23)/t14-/m1/s1. The number of likely N-dealkylation sites (tertiary alicyclic amines) is 1. The van der Waals surface area contributed by atoms with Gasteiger partial charge in [-0.2, -0.15) is 0 Å². The Morgan fingerprint density at radius 2 is 2.08 bits per heavy atom. The molecule has 0 unspecified atom stereocenters. The molecule has 0 radical (unpaired) electrons. The van der Waals surface area contributed by atoms with E-state index in [1.54, 1.807) is 11.8 Å². The van der Waals surface area contributed by atoms with Crippen molar-refractivity contribution in [2.75, 3.05) is 19.6 Å². The van der Waals surface area contributed by atoms with E-state index in [-0.39, 0.29) is 18.0 Å². The van der Waals surface area contributed by atoms with Gasteiger partial charge < -0.3 is 20.1 Å². The van der Waals surface area contributed by atoms with E-state index in [2.05, 4.69) is 15.8 Å². The molecule has 25 heavy (non-hydrogen) atoms. The SMILES string of the molecule is CCNC(=O)N1CC[C@@H](NC(=O)c2c(C)noc2-c2ccccc2)C1. The highest BCUT2D eigenvalue weighted by atomic mass is 16.5. The number of nitrogens with one attached hydrogen (secondary N) is 2. The Kier molecular flexibility index (Phi) is 5.02. The number of nitrogens with zero attached hydrogens (tertiary/aromatic N) is 2. The average molecular weight is 342 g/mol. The van der Waals surface area contributed by atoms with E-state index in [4.69, 9.17) is 4.52 Å². The van der Waals surface area contributed by atoms with Gasteiger partial charge in [-0.1, -0.05) is 35.5 Å². The number of benzene rings is 1. The molecule has 1 aliphatic heterocycles. The topological polar surface area (TPSA) is 87.5 Å². The number of aromatic nitrogens is 1. The van der Waals surface area contributed by atoms with Crippen LogP contribution in [0.2, 0.25) is 0 Å². The van der Waals surface area contributed by atoms with Crippen molar-refractivity contribution in [1.29, 1.82) is 0 Å². The summed E-state index contributed by atoms with van der Waals surface area (Å²) < 4.78 is 5.37. The second-order valence-corrected chi connectivity index (χ2v) is 6.08. The Bertz CT molecular complexity index is 757. The zero-order valence-corrected chi connectivity index (χ0v) is 14.4. The molecule has 0 spiro atoms. The third-order valence-corrected chi connectivity index (χ3v) is 4.26. The number of carbonyl (C=O) groups is 2. The molecule has 1 aromatic heterocycles. The molecule has 1 atom stereocenters. The van der Waals surface area contributed by atoms with Crippen LogP contribution in [-0.2, 0) is 0 Å². The zero-order chi connectivity index (χ0) is 17.8. The van der Waals surface area contributed by atoms with E-state index in [0.29, 0.717) is 36.7 Å². The fourth-order valence-electron chi connectivity index (χ4n) is 3.01. The maximum absolute atomic E-state index is 12.7. The Morgan fingerprint density at radius 3 is 2.80 bits per heavy atom. The van der Waals surface area contributed by atoms with Gasteiger partial charge in [0.05, 0.1) is 5.69 Å². The predicted molar refractivity (Wildman–Crippen MR) is 93.2 cm³/mol. The number of carbonyl (C=O) groups excluding carboxylic acids is 2. The molecule has 2 N–H and O–H groups in total. The summed E-state index contributed by atoms with van der Waals surface area (Å²) in [5.74, 6) is 0.245. The van der Waals surface area contributed by atoms with Crippen molar-refractivity contribution in [3.05, 3.63) is 41.6 Å². The van der Waals surface area contributed by atoms with Gasteiger partial charge in [0.2, 0.25) is 0 Å². The lowest BCUT2D eigenvalue weighted by Gasteiger charge is -2.17. The number of aryl methyl sites for hydroxylation is 1. The third kappa shape index (κ3) is 3.65. The summed E-state index contributed by atoms with van der Waals surface area (Å²) >= 11 is 0. The van der Waals surface area contributed by atoms with Crippen molar-refractivity contribution in [3.63, 3.8) is 0 Å². The maximum atomic E-state index is 12.7. The van der Waals surface area contributed by atoms with Crippen molar-refractivity contribution in [3.8, 4) is 11.3 Å². The molecule has 0 bridgehead atoms. The lowest BCUT2D eigenvalue weighted by Crippen LogP contribution is -2.42. The van der Waals surface area contributed by atoms with Gasteiger partial charge in [-0.3, -0.25) is 4.79 Å². The Labute approximate surface area is 146 Å². The van der Waals surface area contributed by atoms with E-state index in [1.165, 1.54) is 0 Å². The van der Waals surface area contributed by atoms with Crippen molar-refractivity contribution < 1.29 is 14.1 Å².